The summed E-state index contributed by atoms with van der Waals surface area (Å²) in [6, 6.07) is 12.5. The number of benzene rings is 1. The van der Waals surface area contributed by atoms with Crippen molar-refractivity contribution in [1.82, 2.24) is 15.6 Å². The van der Waals surface area contributed by atoms with Gasteiger partial charge in [-0.2, -0.15) is 0 Å². The van der Waals surface area contributed by atoms with Crippen LogP contribution in [0, 0.1) is 5.92 Å². The number of nitrogens with zero attached hydrogens (tertiary/aromatic N) is 3. The van der Waals surface area contributed by atoms with E-state index in [2.05, 4.69) is 71.4 Å². The highest BCUT2D eigenvalue weighted by molar-refractivity contribution is 5.80. The predicted molar refractivity (Wildman–Crippen MR) is 130 cm³/mol. The van der Waals surface area contributed by atoms with Gasteiger partial charge in [0.2, 0.25) is 0 Å². The van der Waals surface area contributed by atoms with Crippen LogP contribution in [-0.4, -0.2) is 50.4 Å². The largest absolute Gasteiger partial charge is 0.493 e. The number of anilines is 1. The molecule has 2 heterocycles. The third-order valence-corrected chi connectivity index (χ3v) is 5.38. The van der Waals surface area contributed by atoms with Crippen LogP contribution in [0.5, 0.6) is 5.75 Å². The van der Waals surface area contributed by atoms with Crippen molar-refractivity contribution in [3.8, 4) is 5.75 Å². The summed E-state index contributed by atoms with van der Waals surface area (Å²) in [5, 5.41) is 6.87. The lowest BCUT2D eigenvalue weighted by molar-refractivity contribution is 0.0529. The van der Waals surface area contributed by atoms with Crippen LogP contribution in [0.3, 0.4) is 0 Å². The molecule has 1 aliphatic heterocycles. The monoisotopic (exact) mass is 439 g/mol. The van der Waals surface area contributed by atoms with Gasteiger partial charge in [0, 0.05) is 32.9 Å². The van der Waals surface area contributed by atoms with Crippen molar-refractivity contribution in [3.05, 3.63) is 53.7 Å². The number of hydrogen-bond donors (Lipinski definition) is 2. The standard InChI is InChI=1S/C25H37N5O2/c1-18(2)17-32-23-8-6-22(7-9-23)20(4)29-25(26-5)28-15-21-10-11-27-24(14-21)30-12-13-31-19(3)16-30/h6-11,14,18-20H,12-13,15-17H2,1-5H3,(H2,26,28,29). The van der Waals surface area contributed by atoms with Crippen LogP contribution in [0.1, 0.15) is 44.9 Å². The second-order valence-electron chi connectivity index (χ2n) is 8.72. The Labute approximate surface area is 192 Å². The molecule has 1 aromatic carbocycles. The lowest BCUT2D eigenvalue weighted by Crippen LogP contribution is -2.41. The predicted octanol–water partition coefficient (Wildman–Crippen LogP) is 3.77. The summed E-state index contributed by atoms with van der Waals surface area (Å²) < 4.78 is 11.4. The van der Waals surface area contributed by atoms with Gasteiger partial charge in [0.15, 0.2) is 5.96 Å². The molecule has 0 amide bonds. The molecule has 0 aliphatic carbocycles. The molecular weight excluding hydrogens is 402 g/mol. The van der Waals surface area contributed by atoms with Gasteiger partial charge in [-0.1, -0.05) is 26.0 Å². The third kappa shape index (κ3) is 7.12. The van der Waals surface area contributed by atoms with E-state index in [1.807, 2.05) is 24.4 Å². The van der Waals surface area contributed by atoms with Gasteiger partial charge in [-0.15, -0.1) is 0 Å². The molecule has 2 atom stereocenters. The highest BCUT2D eigenvalue weighted by atomic mass is 16.5. The minimum atomic E-state index is 0.114. The lowest BCUT2D eigenvalue weighted by Gasteiger charge is -2.32. The second-order valence-corrected chi connectivity index (χ2v) is 8.72. The summed E-state index contributed by atoms with van der Waals surface area (Å²) >= 11 is 0. The maximum absolute atomic E-state index is 5.78. The first kappa shape index (κ1) is 23.9. The molecule has 7 nitrogen and oxygen atoms in total. The van der Waals surface area contributed by atoms with Gasteiger partial charge in [0.25, 0.3) is 0 Å². The molecule has 32 heavy (non-hydrogen) atoms. The first-order chi connectivity index (χ1) is 15.4. The summed E-state index contributed by atoms with van der Waals surface area (Å²) in [5.41, 5.74) is 2.34. The zero-order chi connectivity index (χ0) is 22.9. The molecule has 2 N–H and O–H groups in total. The molecule has 1 fully saturated rings. The van der Waals surface area contributed by atoms with Crippen LogP contribution in [0.2, 0.25) is 0 Å². The number of aromatic nitrogens is 1. The molecule has 0 saturated carbocycles. The Morgan fingerprint density at radius 1 is 1.25 bits per heavy atom. The van der Waals surface area contributed by atoms with E-state index in [0.717, 1.165) is 49.4 Å². The maximum atomic E-state index is 5.78. The van der Waals surface area contributed by atoms with Crippen LogP contribution in [0.25, 0.3) is 0 Å². The van der Waals surface area contributed by atoms with Crippen molar-refractivity contribution >= 4 is 11.8 Å². The Morgan fingerprint density at radius 3 is 2.72 bits per heavy atom. The minimum absolute atomic E-state index is 0.114. The van der Waals surface area contributed by atoms with E-state index in [4.69, 9.17) is 9.47 Å². The van der Waals surface area contributed by atoms with Gasteiger partial charge < -0.3 is 25.0 Å². The fraction of sp³-hybridized carbons (Fsp3) is 0.520. The van der Waals surface area contributed by atoms with Crippen molar-refractivity contribution < 1.29 is 9.47 Å². The number of hydrogen-bond acceptors (Lipinski definition) is 5. The molecule has 0 radical (unpaired) electrons. The van der Waals surface area contributed by atoms with E-state index in [1.165, 1.54) is 5.56 Å². The molecule has 1 aromatic heterocycles. The summed E-state index contributed by atoms with van der Waals surface area (Å²) in [4.78, 5) is 11.2. The summed E-state index contributed by atoms with van der Waals surface area (Å²) in [6.45, 7) is 12.4. The smallest absolute Gasteiger partial charge is 0.191 e. The molecule has 0 spiro atoms. The molecule has 174 valence electrons. The van der Waals surface area contributed by atoms with E-state index in [1.54, 1.807) is 7.05 Å². The number of nitrogens with one attached hydrogen (secondary N) is 2. The Hall–Kier alpha value is -2.80. The molecular formula is C25H37N5O2. The minimum Gasteiger partial charge on any atom is -0.493 e. The Kier molecular flexibility index (Phi) is 8.73. The number of pyridine rings is 1. The average molecular weight is 440 g/mol. The van der Waals surface area contributed by atoms with E-state index in [9.17, 15) is 0 Å². The normalized spacial score (nSPS) is 17.9. The van der Waals surface area contributed by atoms with Crippen molar-refractivity contribution in [3.63, 3.8) is 0 Å². The fourth-order valence-corrected chi connectivity index (χ4v) is 3.55. The molecule has 3 rings (SSSR count). The quantitative estimate of drug-likeness (QED) is 0.482. The summed E-state index contributed by atoms with van der Waals surface area (Å²) in [5.74, 6) is 3.17. The summed E-state index contributed by atoms with van der Waals surface area (Å²) in [7, 11) is 1.79. The van der Waals surface area contributed by atoms with Crippen molar-refractivity contribution in [2.45, 2.75) is 46.4 Å². The van der Waals surface area contributed by atoms with E-state index in [-0.39, 0.29) is 12.1 Å². The molecule has 2 aromatic rings. The van der Waals surface area contributed by atoms with Crippen LogP contribution in [-0.2, 0) is 11.3 Å². The van der Waals surface area contributed by atoms with Crippen molar-refractivity contribution in [1.29, 1.82) is 0 Å². The van der Waals surface area contributed by atoms with Crippen LogP contribution >= 0.6 is 0 Å². The maximum Gasteiger partial charge on any atom is 0.191 e. The van der Waals surface area contributed by atoms with E-state index in [0.29, 0.717) is 12.5 Å². The SMILES string of the molecule is CN=C(NCc1ccnc(N2CCOC(C)C2)c1)NC(C)c1ccc(OCC(C)C)cc1. The van der Waals surface area contributed by atoms with Crippen molar-refractivity contribution in [2.24, 2.45) is 10.9 Å². The van der Waals surface area contributed by atoms with Crippen molar-refractivity contribution in [2.75, 3.05) is 38.3 Å². The van der Waals surface area contributed by atoms with Gasteiger partial charge in [-0.05, 0) is 55.2 Å². The first-order valence-corrected chi connectivity index (χ1v) is 11.5. The molecule has 7 heteroatoms. The number of guanidine groups is 1. The highest BCUT2D eigenvalue weighted by Gasteiger charge is 2.18. The average Bonchev–Trinajstić information content (AvgIpc) is 2.80. The lowest BCUT2D eigenvalue weighted by atomic mass is 10.1. The molecule has 2 unspecified atom stereocenters. The molecule has 0 bridgehead atoms. The highest BCUT2D eigenvalue weighted by Crippen LogP contribution is 2.19. The van der Waals surface area contributed by atoms with Gasteiger partial charge in [-0.3, -0.25) is 4.99 Å². The zero-order valence-corrected chi connectivity index (χ0v) is 20.0. The van der Waals surface area contributed by atoms with E-state index >= 15 is 0 Å². The zero-order valence-electron chi connectivity index (χ0n) is 20.0. The van der Waals surface area contributed by atoms with Crippen LogP contribution < -0.4 is 20.3 Å². The fourth-order valence-electron chi connectivity index (χ4n) is 3.55. The first-order valence-electron chi connectivity index (χ1n) is 11.5. The van der Waals surface area contributed by atoms with E-state index < -0.39 is 0 Å². The van der Waals surface area contributed by atoms with Crippen LogP contribution in [0.4, 0.5) is 5.82 Å². The Bertz CT molecular complexity index is 869. The number of ether oxygens (including phenoxy) is 2. The van der Waals surface area contributed by atoms with Gasteiger partial charge in [0.05, 0.1) is 25.4 Å². The number of morpholine rings is 1. The number of rotatable bonds is 8. The Morgan fingerprint density at radius 2 is 2.03 bits per heavy atom. The van der Waals surface area contributed by atoms with Gasteiger partial charge in [-0.25, -0.2) is 4.98 Å². The van der Waals surface area contributed by atoms with Gasteiger partial charge in [0.1, 0.15) is 11.6 Å². The number of aliphatic imine (C=N–C) groups is 1. The Balaban J connectivity index is 1.53. The molecule has 1 saturated heterocycles. The summed E-state index contributed by atoms with van der Waals surface area (Å²) in [6.07, 6.45) is 2.10. The second kappa shape index (κ2) is 11.7. The molecule has 1 aliphatic rings. The van der Waals surface area contributed by atoms with Gasteiger partial charge >= 0.3 is 0 Å². The topological polar surface area (TPSA) is 71.0 Å². The van der Waals surface area contributed by atoms with Crippen LogP contribution in [0.15, 0.2) is 47.6 Å². The third-order valence-electron chi connectivity index (χ3n) is 5.38.